The van der Waals surface area contributed by atoms with Gasteiger partial charge in [0.25, 0.3) is 0 Å². The van der Waals surface area contributed by atoms with Crippen molar-refractivity contribution in [1.82, 2.24) is 0 Å². The second-order valence-electron chi connectivity index (χ2n) is 13.8. The summed E-state index contributed by atoms with van der Waals surface area (Å²) in [4.78, 5) is 2.79. The van der Waals surface area contributed by atoms with E-state index in [1.54, 1.807) is 0 Å². The molecule has 1 N–H and O–H groups in total. The highest BCUT2D eigenvalue weighted by Gasteiger charge is 2.43. The van der Waals surface area contributed by atoms with Gasteiger partial charge in [0.05, 0.1) is 18.3 Å². The maximum atomic E-state index is 10.8. The first-order valence-electron chi connectivity index (χ1n) is 17.1. The van der Waals surface area contributed by atoms with Gasteiger partial charge in [-0.1, -0.05) is 129 Å². The van der Waals surface area contributed by atoms with E-state index in [0.29, 0.717) is 6.54 Å². The average molecular weight is 592 g/mol. The van der Waals surface area contributed by atoms with Gasteiger partial charge in [-0.25, -0.2) is 0 Å². The summed E-state index contributed by atoms with van der Waals surface area (Å²) in [6.45, 7) is 14.5. The molecule has 0 aromatic heterocycles. The summed E-state index contributed by atoms with van der Waals surface area (Å²) in [6, 6.07) is 0. The van der Waals surface area contributed by atoms with E-state index < -0.39 is 14.4 Å². The molecular weight excluding hydrogens is 526 g/mol. The zero-order valence-electron chi connectivity index (χ0n) is 27.8. The van der Waals surface area contributed by atoms with Crippen LogP contribution in [0, 0.1) is 11.8 Å². The topological polar surface area (TPSA) is 87.5 Å². The molecule has 0 spiro atoms. The van der Waals surface area contributed by atoms with Crippen molar-refractivity contribution in [2.24, 2.45) is 5.11 Å². The van der Waals surface area contributed by atoms with Crippen LogP contribution in [0.4, 0.5) is 0 Å². The smallest absolute Gasteiger partial charge is 0.192 e. The molecule has 0 aromatic rings. The highest BCUT2D eigenvalue weighted by Crippen LogP contribution is 2.40. The third-order valence-electron chi connectivity index (χ3n) is 9.07. The van der Waals surface area contributed by atoms with Gasteiger partial charge in [-0.05, 0) is 55.8 Å². The van der Waals surface area contributed by atoms with Crippen molar-refractivity contribution in [3.05, 3.63) is 10.4 Å². The third kappa shape index (κ3) is 17.6. The summed E-state index contributed by atoms with van der Waals surface area (Å²) in [5.74, 6) is 6.27. The molecule has 238 valence electrons. The number of ether oxygens (including phenoxy) is 1. The van der Waals surface area contributed by atoms with Gasteiger partial charge in [0.2, 0.25) is 0 Å². The molecule has 0 aromatic carbocycles. The van der Waals surface area contributed by atoms with Crippen LogP contribution in [0.5, 0.6) is 0 Å². The van der Waals surface area contributed by atoms with Crippen LogP contribution in [0.2, 0.25) is 18.1 Å². The lowest BCUT2D eigenvalue weighted by molar-refractivity contribution is -0.0600. The van der Waals surface area contributed by atoms with Crippen molar-refractivity contribution in [3.8, 4) is 11.8 Å². The third-order valence-corrected chi connectivity index (χ3v) is 13.6. The van der Waals surface area contributed by atoms with Gasteiger partial charge in [-0.3, -0.25) is 0 Å². The molecule has 0 radical (unpaired) electrons. The van der Waals surface area contributed by atoms with E-state index in [0.717, 1.165) is 51.4 Å². The van der Waals surface area contributed by atoms with Crippen molar-refractivity contribution in [2.45, 2.75) is 199 Å². The lowest BCUT2D eigenvalue weighted by Crippen LogP contribution is -2.47. The van der Waals surface area contributed by atoms with E-state index in [4.69, 9.17) is 14.7 Å². The second kappa shape index (κ2) is 22.5. The van der Waals surface area contributed by atoms with Gasteiger partial charge in [0.15, 0.2) is 8.32 Å². The molecule has 1 fully saturated rings. The molecule has 0 amide bonds. The van der Waals surface area contributed by atoms with Crippen LogP contribution in [0.3, 0.4) is 0 Å². The SMILES string of the molecule is CCCCCCCCCCCC[C@@H](O[Si](C)(C)C(C)(C)C)[C@H]1CC[C@H]([C@H](O)C#CCCCCCCCCN=[N+]=[N-])O1. The number of hydrogen-bond acceptors (Lipinski definition) is 4. The standard InChI is InChI=1S/C34H65N3O3Si/c1-7-8-9-10-11-12-13-17-20-23-26-33(40-41(5,6)34(2,3)4)32-28-27-31(39-32)30(38)25-22-19-16-14-15-18-21-24-29-36-37-35/h30-33,38H,7-21,23-24,26-29H2,1-6H3/t30-,31-,32-,33-/m1/s1. The van der Waals surface area contributed by atoms with Gasteiger partial charge in [-0.2, -0.15) is 0 Å². The van der Waals surface area contributed by atoms with Crippen molar-refractivity contribution in [2.75, 3.05) is 6.54 Å². The Morgan fingerprint density at radius 2 is 1.41 bits per heavy atom. The molecule has 0 aliphatic carbocycles. The summed E-state index contributed by atoms with van der Waals surface area (Å²) in [7, 11) is -1.92. The Hall–Kier alpha value is -1.03. The Morgan fingerprint density at radius 1 is 0.878 bits per heavy atom. The Kier molecular flexibility index (Phi) is 20.8. The number of rotatable bonds is 23. The van der Waals surface area contributed by atoms with Crippen LogP contribution in [0.15, 0.2) is 5.11 Å². The van der Waals surface area contributed by atoms with Crippen molar-refractivity contribution in [3.63, 3.8) is 0 Å². The highest BCUT2D eigenvalue weighted by atomic mass is 28.4. The van der Waals surface area contributed by atoms with Crippen LogP contribution in [-0.4, -0.2) is 44.4 Å². The van der Waals surface area contributed by atoms with Crippen LogP contribution in [0.1, 0.15) is 156 Å². The molecule has 41 heavy (non-hydrogen) atoms. The Bertz CT molecular complexity index is 767. The van der Waals surface area contributed by atoms with E-state index in [9.17, 15) is 5.11 Å². The molecule has 1 aliphatic heterocycles. The number of nitrogens with zero attached hydrogens (tertiary/aromatic N) is 3. The van der Waals surface area contributed by atoms with Crippen LogP contribution in [-0.2, 0) is 9.16 Å². The highest BCUT2D eigenvalue weighted by molar-refractivity contribution is 6.74. The van der Waals surface area contributed by atoms with Crippen LogP contribution in [0.25, 0.3) is 10.4 Å². The van der Waals surface area contributed by atoms with Crippen molar-refractivity contribution < 1.29 is 14.3 Å². The zero-order valence-corrected chi connectivity index (χ0v) is 28.8. The summed E-state index contributed by atoms with van der Waals surface area (Å²) >= 11 is 0. The fraction of sp³-hybridized carbons (Fsp3) is 0.941. The van der Waals surface area contributed by atoms with Crippen LogP contribution >= 0.6 is 0 Å². The van der Waals surface area contributed by atoms with Gasteiger partial charge in [-0.15, -0.1) is 5.92 Å². The summed E-state index contributed by atoms with van der Waals surface area (Å²) in [6.07, 6.45) is 23.0. The minimum absolute atomic E-state index is 0.0583. The number of azide groups is 1. The fourth-order valence-corrected chi connectivity index (χ4v) is 6.70. The quantitative estimate of drug-likeness (QED) is 0.0320. The van der Waals surface area contributed by atoms with E-state index in [1.165, 1.54) is 77.0 Å². The van der Waals surface area contributed by atoms with E-state index in [2.05, 4.69) is 62.7 Å². The van der Waals surface area contributed by atoms with Crippen LogP contribution < -0.4 is 0 Å². The van der Waals surface area contributed by atoms with Gasteiger partial charge < -0.3 is 14.3 Å². The molecule has 0 bridgehead atoms. The molecule has 0 saturated carbocycles. The van der Waals surface area contributed by atoms with Crippen molar-refractivity contribution >= 4 is 8.32 Å². The average Bonchev–Trinajstić information content (AvgIpc) is 3.42. The van der Waals surface area contributed by atoms with Crippen molar-refractivity contribution in [1.29, 1.82) is 0 Å². The first-order valence-corrected chi connectivity index (χ1v) is 20.0. The second-order valence-corrected chi connectivity index (χ2v) is 18.5. The predicted molar refractivity (Wildman–Crippen MR) is 177 cm³/mol. The Balaban J connectivity index is 2.44. The lowest BCUT2D eigenvalue weighted by atomic mass is 10.0. The fourth-order valence-electron chi connectivity index (χ4n) is 5.32. The van der Waals surface area contributed by atoms with Gasteiger partial charge >= 0.3 is 0 Å². The normalized spacial score (nSPS) is 18.9. The predicted octanol–water partition coefficient (Wildman–Crippen LogP) is 10.6. The molecule has 1 heterocycles. The van der Waals surface area contributed by atoms with E-state index in [-0.39, 0.29) is 23.4 Å². The number of hydrogen-bond donors (Lipinski definition) is 1. The van der Waals surface area contributed by atoms with E-state index in [1.807, 2.05) is 0 Å². The Morgan fingerprint density at radius 3 is 2.00 bits per heavy atom. The van der Waals surface area contributed by atoms with Gasteiger partial charge in [0.1, 0.15) is 6.10 Å². The summed E-state index contributed by atoms with van der Waals surface area (Å²) in [5.41, 5.74) is 8.30. The maximum absolute atomic E-state index is 10.8. The number of aliphatic hydroxyl groups excluding tert-OH is 1. The monoisotopic (exact) mass is 591 g/mol. The number of unbranched alkanes of at least 4 members (excludes halogenated alkanes) is 15. The lowest BCUT2D eigenvalue weighted by Gasteiger charge is -2.41. The molecule has 1 rings (SSSR count). The van der Waals surface area contributed by atoms with E-state index >= 15 is 0 Å². The first kappa shape index (κ1) is 38.0. The minimum atomic E-state index is -1.92. The molecule has 6 nitrogen and oxygen atoms in total. The molecule has 1 saturated heterocycles. The molecular formula is C34H65N3O3Si. The Labute approximate surface area is 254 Å². The molecule has 4 atom stereocenters. The van der Waals surface area contributed by atoms with Gasteiger partial charge in [0, 0.05) is 17.9 Å². The molecule has 1 aliphatic rings. The first-order chi connectivity index (χ1) is 19.6. The summed E-state index contributed by atoms with van der Waals surface area (Å²) < 4.78 is 13.4. The maximum Gasteiger partial charge on any atom is 0.192 e. The molecule has 0 unspecified atom stereocenters. The number of aliphatic hydroxyl groups is 1. The minimum Gasteiger partial charge on any atom is -0.411 e. The largest absolute Gasteiger partial charge is 0.411 e. The zero-order chi connectivity index (χ0) is 30.4. The summed E-state index contributed by atoms with van der Waals surface area (Å²) in [5, 5.41) is 14.5. The molecule has 7 heteroatoms.